The largest absolute Gasteiger partial charge is 0.444 e. The highest BCUT2D eigenvalue weighted by Gasteiger charge is 2.28. The molecule has 27 heavy (non-hydrogen) atoms. The first kappa shape index (κ1) is 20.8. The number of rotatable bonds is 8. The zero-order chi connectivity index (χ0) is 19.7. The molecule has 0 atom stereocenters. The SMILES string of the molecule is CCNC(=NCc1coc(-c2ccccc2)n1)NCCN(C)CC(F)(F)F. The van der Waals surface area contributed by atoms with Crippen molar-refractivity contribution in [1.82, 2.24) is 20.5 Å². The van der Waals surface area contributed by atoms with Crippen molar-refractivity contribution in [3.05, 3.63) is 42.3 Å². The molecule has 1 heterocycles. The van der Waals surface area contributed by atoms with Gasteiger partial charge in [0, 0.05) is 25.2 Å². The Hall–Kier alpha value is -2.55. The van der Waals surface area contributed by atoms with Crippen LogP contribution in [0, 0.1) is 0 Å². The lowest BCUT2D eigenvalue weighted by Crippen LogP contribution is -2.42. The van der Waals surface area contributed by atoms with Gasteiger partial charge in [0.25, 0.3) is 0 Å². The molecule has 1 aromatic heterocycles. The number of oxazole rings is 1. The average molecular weight is 383 g/mol. The van der Waals surface area contributed by atoms with E-state index in [0.717, 1.165) is 5.56 Å². The van der Waals surface area contributed by atoms with Gasteiger partial charge >= 0.3 is 6.18 Å². The predicted octanol–water partition coefficient (Wildman–Crippen LogP) is 2.89. The Morgan fingerprint density at radius 2 is 1.96 bits per heavy atom. The molecule has 2 N–H and O–H groups in total. The Morgan fingerprint density at radius 3 is 2.63 bits per heavy atom. The van der Waals surface area contributed by atoms with E-state index in [0.29, 0.717) is 37.2 Å². The maximum absolute atomic E-state index is 12.3. The van der Waals surface area contributed by atoms with Crippen LogP contribution in [0.25, 0.3) is 11.5 Å². The summed E-state index contributed by atoms with van der Waals surface area (Å²) in [6, 6.07) is 9.53. The van der Waals surface area contributed by atoms with Crippen LogP contribution < -0.4 is 10.6 Å². The number of aliphatic imine (C=N–C) groups is 1. The highest BCUT2D eigenvalue weighted by Crippen LogP contribution is 2.18. The van der Waals surface area contributed by atoms with E-state index in [-0.39, 0.29) is 6.54 Å². The third-order valence-electron chi connectivity index (χ3n) is 3.55. The predicted molar refractivity (Wildman–Crippen MR) is 98.3 cm³/mol. The zero-order valence-electron chi connectivity index (χ0n) is 15.4. The van der Waals surface area contributed by atoms with Gasteiger partial charge in [-0.25, -0.2) is 9.98 Å². The lowest BCUT2D eigenvalue weighted by molar-refractivity contribution is -0.142. The van der Waals surface area contributed by atoms with Crippen molar-refractivity contribution in [2.24, 2.45) is 4.99 Å². The maximum atomic E-state index is 12.3. The molecule has 0 spiro atoms. The van der Waals surface area contributed by atoms with Crippen LogP contribution in [0.3, 0.4) is 0 Å². The minimum Gasteiger partial charge on any atom is -0.444 e. The fourth-order valence-electron chi connectivity index (χ4n) is 2.34. The fourth-order valence-corrected chi connectivity index (χ4v) is 2.34. The molecule has 0 radical (unpaired) electrons. The second-order valence-electron chi connectivity index (χ2n) is 5.98. The molecule has 0 amide bonds. The van der Waals surface area contributed by atoms with Gasteiger partial charge in [-0.2, -0.15) is 13.2 Å². The maximum Gasteiger partial charge on any atom is 0.401 e. The smallest absolute Gasteiger partial charge is 0.401 e. The van der Waals surface area contributed by atoms with Crippen LogP contribution in [0.15, 0.2) is 46.0 Å². The van der Waals surface area contributed by atoms with Gasteiger partial charge in [-0.05, 0) is 26.1 Å². The van der Waals surface area contributed by atoms with E-state index < -0.39 is 12.7 Å². The fraction of sp³-hybridized carbons (Fsp3) is 0.444. The Kier molecular flexibility index (Phi) is 7.66. The van der Waals surface area contributed by atoms with Gasteiger partial charge < -0.3 is 15.1 Å². The zero-order valence-corrected chi connectivity index (χ0v) is 15.4. The van der Waals surface area contributed by atoms with Crippen LogP contribution in [-0.2, 0) is 6.54 Å². The summed E-state index contributed by atoms with van der Waals surface area (Å²) in [6.07, 6.45) is -2.65. The summed E-state index contributed by atoms with van der Waals surface area (Å²) in [5.74, 6) is 1.04. The summed E-state index contributed by atoms with van der Waals surface area (Å²) >= 11 is 0. The number of guanidine groups is 1. The number of nitrogens with zero attached hydrogens (tertiary/aromatic N) is 3. The number of aromatic nitrogens is 1. The first-order valence-corrected chi connectivity index (χ1v) is 8.64. The van der Waals surface area contributed by atoms with Gasteiger partial charge in [-0.15, -0.1) is 0 Å². The highest BCUT2D eigenvalue weighted by atomic mass is 19.4. The normalized spacial score (nSPS) is 12.4. The van der Waals surface area contributed by atoms with Crippen LogP contribution in [0.2, 0.25) is 0 Å². The summed E-state index contributed by atoms with van der Waals surface area (Å²) < 4.78 is 42.5. The molecule has 0 aliphatic rings. The number of alkyl halides is 3. The average Bonchev–Trinajstić information content (AvgIpc) is 3.08. The molecule has 2 aromatic rings. The molecule has 0 aliphatic carbocycles. The van der Waals surface area contributed by atoms with Crippen LogP contribution in [0.4, 0.5) is 13.2 Å². The van der Waals surface area contributed by atoms with Crippen molar-refractivity contribution in [1.29, 1.82) is 0 Å². The van der Waals surface area contributed by atoms with Gasteiger partial charge in [-0.1, -0.05) is 18.2 Å². The van der Waals surface area contributed by atoms with Crippen LogP contribution in [-0.4, -0.2) is 55.2 Å². The van der Waals surface area contributed by atoms with Crippen molar-refractivity contribution in [3.63, 3.8) is 0 Å². The molecule has 1 aromatic carbocycles. The summed E-state index contributed by atoms with van der Waals surface area (Å²) in [4.78, 5) is 10.0. The number of benzene rings is 1. The molecular weight excluding hydrogens is 359 g/mol. The second-order valence-corrected chi connectivity index (χ2v) is 5.98. The molecule has 2 rings (SSSR count). The summed E-state index contributed by atoms with van der Waals surface area (Å²) in [7, 11) is 1.43. The van der Waals surface area contributed by atoms with Crippen LogP contribution in [0.5, 0.6) is 0 Å². The van der Waals surface area contributed by atoms with E-state index in [1.54, 1.807) is 6.26 Å². The van der Waals surface area contributed by atoms with E-state index in [1.807, 2.05) is 37.3 Å². The molecule has 0 unspecified atom stereocenters. The minimum absolute atomic E-state index is 0.242. The molecule has 9 heteroatoms. The molecule has 148 valence electrons. The third-order valence-corrected chi connectivity index (χ3v) is 3.55. The Balaban J connectivity index is 1.87. The first-order valence-electron chi connectivity index (χ1n) is 8.64. The lowest BCUT2D eigenvalue weighted by Gasteiger charge is -2.19. The van der Waals surface area contributed by atoms with Crippen molar-refractivity contribution in [2.75, 3.05) is 33.2 Å². The van der Waals surface area contributed by atoms with Crippen molar-refractivity contribution < 1.29 is 17.6 Å². The topological polar surface area (TPSA) is 65.7 Å². The van der Waals surface area contributed by atoms with E-state index in [1.165, 1.54) is 11.9 Å². The molecular formula is C18H24F3N5O. The van der Waals surface area contributed by atoms with E-state index in [4.69, 9.17) is 4.42 Å². The molecule has 0 bridgehead atoms. The minimum atomic E-state index is -4.20. The van der Waals surface area contributed by atoms with Gasteiger partial charge in [0.15, 0.2) is 5.96 Å². The Bertz CT molecular complexity index is 715. The van der Waals surface area contributed by atoms with Gasteiger partial charge in [-0.3, -0.25) is 4.90 Å². The van der Waals surface area contributed by atoms with Crippen molar-refractivity contribution >= 4 is 5.96 Å². The lowest BCUT2D eigenvalue weighted by atomic mass is 10.2. The Morgan fingerprint density at radius 1 is 1.22 bits per heavy atom. The molecule has 6 nitrogen and oxygen atoms in total. The van der Waals surface area contributed by atoms with E-state index in [9.17, 15) is 13.2 Å². The van der Waals surface area contributed by atoms with Crippen LogP contribution >= 0.6 is 0 Å². The number of hydrogen-bond acceptors (Lipinski definition) is 4. The molecule has 0 saturated carbocycles. The standard InChI is InChI=1S/C18H24F3N5O/c1-3-22-17(23-9-10-26(2)13-18(19,20)21)24-11-15-12-27-16(25-15)14-7-5-4-6-8-14/h4-8,12H,3,9-11,13H2,1-2H3,(H2,22,23,24). The second kappa shape index (κ2) is 9.96. The monoisotopic (exact) mass is 383 g/mol. The van der Waals surface area contributed by atoms with Crippen LogP contribution in [0.1, 0.15) is 12.6 Å². The quantitative estimate of drug-likeness (QED) is 0.542. The molecule has 0 saturated heterocycles. The van der Waals surface area contributed by atoms with Crippen molar-refractivity contribution in [2.45, 2.75) is 19.6 Å². The van der Waals surface area contributed by atoms with Gasteiger partial charge in [0.05, 0.1) is 13.1 Å². The third kappa shape index (κ3) is 7.69. The Labute approximate surface area is 156 Å². The number of hydrogen-bond donors (Lipinski definition) is 2. The number of halogens is 3. The van der Waals surface area contributed by atoms with Crippen molar-refractivity contribution in [3.8, 4) is 11.5 Å². The highest BCUT2D eigenvalue weighted by molar-refractivity contribution is 5.79. The first-order chi connectivity index (χ1) is 12.9. The molecule has 0 fully saturated rings. The van der Waals surface area contributed by atoms with E-state index >= 15 is 0 Å². The molecule has 0 aliphatic heterocycles. The summed E-state index contributed by atoms with van der Waals surface area (Å²) in [6.45, 7) is 2.49. The van der Waals surface area contributed by atoms with Gasteiger partial charge in [0.2, 0.25) is 5.89 Å². The summed E-state index contributed by atoms with van der Waals surface area (Å²) in [5, 5.41) is 6.07. The van der Waals surface area contributed by atoms with Gasteiger partial charge in [0.1, 0.15) is 12.0 Å². The number of likely N-dealkylation sites (N-methyl/N-ethyl adjacent to an activating group) is 1. The summed E-state index contributed by atoms with van der Waals surface area (Å²) in [5.41, 5.74) is 1.55. The number of nitrogens with one attached hydrogen (secondary N) is 2. The van der Waals surface area contributed by atoms with E-state index in [2.05, 4.69) is 20.6 Å².